The number of hydrogen-bond acceptors (Lipinski definition) is 9. The molecule has 4 N–H and O–H groups in total. The zero-order chi connectivity index (χ0) is 50.3. The third-order valence-corrected chi connectivity index (χ3v) is 14.3. The fraction of sp³-hybridized carbons (Fsp3) is 0.519. The van der Waals surface area contributed by atoms with Crippen molar-refractivity contribution in [3.05, 3.63) is 106 Å². The molecule has 16 heteroatoms. The highest BCUT2D eigenvalue weighted by atomic mass is 32.1. The molecular formula is C54H69F3N6O6S. The van der Waals surface area contributed by atoms with E-state index in [1.807, 2.05) is 93.6 Å². The van der Waals surface area contributed by atoms with Crippen molar-refractivity contribution in [1.29, 1.82) is 0 Å². The first-order chi connectivity index (χ1) is 33.3. The summed E-state index contributed by atoms with van der Waals surface area (Å²) in [5.41, 5.74) is 4.84. The zero-order valence-electron chi connectivity index (χ0n) is 41.5. The van der Waals surface area contributed by atoms with Crippen molar-refractivity contribution in [2.45, 2.75) is 142 Å². The van der Waals surface area contributed by atoms with Gasteiger partial charge in [-0.05, 0) is 75.1 Å². The van der Waals surface area contributed by atoms with Gasteiger partial charge in [-0.3, -0.25) is 19.3 Å². The zero-order valence-corrected chi connectivity index (χ0v) is 42.3. The van der Waals surface area contributed by atoms with Crippen molar-refractivity contribution in [1.82, 2.24) is 30.4 Å². The largest absolute Gasteiger partial charge is 0.493 e. The van der Waals surface area contributed by atoms with Crippen LogP contribution in [0.3, 0.4) is 0 Å². The number of para-hydroxylation sites is 1. The normalized spacial score (nSPS) is 19.0. The predicted octanol–water partition coefficient (Wildman–Crippen LogP) is 9.51. The summed E-state index contributed by atoms with van der Waals surface area (Å²) >= 11 is 1.57. The number of thiazole rings is 1. The molecule has 7 rings (SSSR count). The molecule has 3 aromatic carbocycles. The number of aryl methyl sites for hydroxylation is 1. The summed E-state index contributed by atoms with van der Waals surface area (Å²) < 4.78 is 58.7. The number of aliphatic hydroxyl groups is 1. The quantitative estimate of drug-likeness (QED) is 0.0532. The lowest BCUT2D eigenvalue weighted by Gasteiger charge is -2.43. The molecule has 5 atom stereocenters. The van der Waals surface area contributed by atoms with Gasteiger partial charge in [-0.15, -0.1) is 11.3 Å². The molecule has 3 amide bonds. The summed E-state index contributed by atoms with van der Waals surface area (Å²) in [7, 11) is 0. The number of H-pyrrole nitrogens is 1. The number of hydrogen-bond donors (Lipinski definition) is 4. The number of benzene rings is 3. The molecule has 5 aromatic rings. The average Bonchev–Trinajstić information content (AvgIpc) is 4.02. The molecular weight excluding hydrogens is 918 g/mol. The summed E-state index contributed by atoms with van der Waals surface area (Å²) in [4.78, 5) is 52.5. The number of rotatable bonds is 21. The first kappa shape index (κ1) is 52.5. The van der Waals surface area contributed by atoms with E-state index in [0.717, 1.165) is 70.3 Å². The van der Waals surface area contributed by atoms with Gasteiger partial charge in [-0.2, -0.15) is 0 Å². The van der Waals surface area contributed by atoms with Crippen molar-refractivity contribution in [2.75, 3.05) is 32.9 Å². The van der Waals surface area contributed by atoms with Crippen LogP contribution in [-0.2, 0) is 32.1 Å². The van der Waals surface area contributed by atoms with Crippen LogP contribution in [0.2, 0.25) is 0 Å². The van der Waals surface area contributed by atoms with Gasteiger partial charge in [0, 0.05) is 73.0 Å². The number of halogens is 3. The number of aromatic amines is 1. The Morgan fingerprint density at radius 1 is 0.957 bits per heavy atom. The fourth-order valence-corrected chi connectivity index (χ4v) is 10.6. The molecule has 378 valence electrons. The number of carbonyl (C=O) groups is 3. The lowest BCUT2D eigenvalue weighted by Crippen LogP contribution is -2.58. The van der Waals surface area contributed by atoms with E-state index in [2.05, 4.69) is 20.6 Å². The molecule has 2 aliphatic heterocycles. The van der Waals surface area contributed by atoms with Gasteiger partial charge in [0.15, 0.2) is 0 Å². The lowest BCUT2D eigenvalue weighted by molar-refractivity contribution is -0.144. The maximum Gasteiger partial charge on any atom is 0.246 e. The topological polar surface area (TPSA) is 149 Å². The number of nitrogens with one attached hydrogen (secondary N) is 3. The smallest absolute Gasteiger partial charge is 0.246 e. The number of aliphatic hydroxyl groups excluding tert-OH is 1. The molecule has 70 heavy (non-hydrogen) atoms. The number of carbonyl (C=O) groups excluding carboxylic acids is 3. The Balaban J connectivity index is 0.808. The summed E-state index contributed by atoms with van der Waals surface area (Å²) in [6.07, 6.45) is 4.83. The molecule has 0 radical (unpaired) electrons. The Bertz CT molecular complexity index is 2570. The molecule has 1 fully saturated rings. The van der Waals surface area contributed by atoms with Crippen LogP contribution >= 0.6 is 11.3 Å². The molecule has 12 nitrogen and oxygen atoms in total. The first-order valence-corrected chi connectivity index (χ1v) is 25.5. The maximum absolute atomic E-state index is 16.0. The number of β-amino-alcohol motifs (C(OH)–C–C–N with tert-alkyl or cyclic N) is 1. The molecule has 0 aliphatic carbocycles. The third-order valence-electron chi connectivity index (χ3n) is 13.3. The number of unbranched alkanes of at least 4 members (excludes halogenated alkanes) is 5. The number of likely N-dealkylation sites (tertiary alicyclic amines) is 1. The van der Waals surface area contributed by atoms with Crippen LogP contribution in [0, 0.1) is 24.0 Å². The van der Waals surface area contributed by atoms with Crippen molar-refractivity contribution < 1.29 is 42.1 Å². The van der Waals surface area contributed by atoms with Crippen molar-refractivity contribution >= 4 is 40.0 Å². The minimum atomic E-state index is -1.59. The van der Waals surface area contributed by atoms with E-state index in [1.54, 1.807) is 11.3 Å². The van der Waals surface area contributed by atoms with Gasteiger partial charge in [0.05, 0.1) is 34.8 Å². The van der Waals surface area contributed by atoms with E-state index in [9.17, 15) is 19.5 Å². The Hall–Kier alpha value is -5.29. The first-order valence-electron chi connectivity index (χ1n) is 24.6. The third kappa shape index (κ3) is 13.0. The average molecular weight is 987 g/mol. The molecule has 2 aliphatic rings. The van der Waals surface area contributed by atoms with Crippen molar-refractivity contribution in [3.63, 3.8) is 0 Å². The van der Waals surface area contributed by atoms with Gasteiger partial charge in [0.2, 0.25) is 17.7 Å². The molecule has 0 bridgehead atoms. The minimum Gasteiger partial charge on any atom is -0.493 e. The van der Waals surface area contributed by atoms with Crippen LogP contribution in [0.1, 0.15) is 121 Å². The standard InChI is InChI=1S/C54H69F3N6O6S/c1-33-24-40-39-16-12-13-17-43(39)60-47(40)48(63(33)31-54(6,7)57)46-41(55)26-38(27-42(46)56)69-23-15-11-9-8-10-14-22-68-30-45(65)61-50(53(3,4)5)52(67)62-29-37(64)25-44(62)51(66)58-28-35-18-20-36(21-19-35)49-34(2)59-32-70-49/h12-13,16-21,26-27,32-33,37,44,48,50,60,64H,8-11,14-15,22-25,28-31H2,1-7H3,(H,58,66)(H,61,65)/t33-,37-,44+,48-,50?/m1/s1. The summed E-state index contributed by atoms with van der Waals surface area (Å²) in [5.74, 6) is -2.63. The van der Waals surface area contributed by atoms with Crippen LogP contribution in [-0.4, -0.2) is 105 Å². The van der Waals surface area contributed by atoms with E-state index >= 15 is 13.2 Å². The summed E-state index contributed by atoms with van der Waals surface area (Å²) in [6.45, 7) is 13.1. The number of amides is 3. The fourth-order valence-electron chi connectivity index (χ4n) is 9.76. The van der Waals surface area contributed by atoms with Gasteiger partial charge < -0.3 is 35.1 Å². The van der Waals surface area contributed by atoms with Crippen LogP contribution in [0.15, 0.2) is 66.2 Å². The van der Waals surface area contributed by atoms with Crippen LogP contribution in [0.4, 0.5) is 13.2 Å². The number of nitrogens with zero attached hydrogens (tertiary/aromatic N) is 3. The monoisotopic (exact) mass is 986 g/mol. The van der Waals surface area contributed by atoms with E-state index in [4.69, 9.17) is 9.47 Å². The van der Waals surface area contributed by atoms with E-state index < -0.39 is 58.8 Å². The second-order valence-corrected chi connectivity index (χ2v) is 21.5. The number of ether oxygens (including phenoxy) is 2. The van der Waals surface area contributed by atoms with E-state index in [-0.39, 0.29) is 55.9 Å². The molecule has 0 saturated carbocycles. The van der Waals surface area contributed by atoms with Gasteiger partial charge in [0.1, 0.15) is 41.7 Å². The van der Waals surface area contributed by atoms with E-state index in [1.165, 1.54) is 30.9 Å². The highest BCUT2D eigenvalue weighted by Gasteiger charge is 2.45. The van der Waals surface area contributed by atoms with Crippen LogP contribution < -0.4 is 15.4 Å². The van der Waals surface area contributed by atoms with E-state index in [0.29, 0.717) is 31.7 Å². The van der Waals surface area contributed by atoms with Gasteiger partial charge >= 0.3 is 0 Å². The Kier molecular flexibility index (Phi) is 17.1. The highest BCUT2D eigenvalue weighted by Crippen LogP contribution is 2.44. The number of alkyl halides is 1. The second-order valence-electron chi connectivity index (χ2n) is 20.7. The Labute approximate surface area is 413 Å². The van der Waals surface area contributed by atoms with Gasteiger partial charge in [-0.1, -0.05) is 88.9 Å². The summed E-state index contributed by atoms with van der Waals surface area (Å²) in [5, 5.41) is 17.3. The molecule has 0 spiro atoms. The predicted molar refractivity (Wildman–Crippen MR) is 267 cm³/mol. The maximum atomic E-state index is 16.0. The lowest BCUT2D eigenvalue weighted by atomic mass is 9.85. The summed E-state index contributed by atoms with van der Waals surface area (Å²) in [6, 6.07) is 15.2. The molecule has 4 heterocycles. The Morgan fingerprint density at radius 2 is 1.63 bits per heavy atom. The van der Waals surface area contributed by atoms with Gasteiger partial charge in [0.25, 0.3) is 0 Å². The number of fused-ring (bicyclic) bond motifs is 3. The SMILES string of the molecule is Cc1ncsc1-c1ccc(CNC(=O)[C@@H]2C[C@@H](O)CN2C(=O)C(NC(=O)COCCCCCCCCOc2cc(F)c([C@@H]3c4[nH]c5ccccc5c4C[C@@H](C)N3CC(C)(C)F)c(F)c2)C(C)(C)C)cc1. The molecule has 1 saturated heterocycles. The minimum absolute atomic E-state index is 0.00157. The number of aromatic nitrogens is 2. The molecule has 1 unspecified atom stereocenters. The highest BCUT2D eigenvalue weighted by molar-refractivity contribution is 7.13. The van der Waals surface area contributed by atoms with Crippen LogP contribution in [0.5, 0.6) is 5.75 Å². The second kappa shape index (κ2) is 22.9. The Morgan fingerprint density at radius 3 is 2.29 bits per heavy atom. The van der Waals surface area contributed by atoms with Crippen molar-refractivity contribution in [2.24, 2.45) is 5.41 Å². The molecule has 2 aromatic heterocycles. The van der Waals surface area contributed by atoms with Gasteiger partial charge in [-0.25, -0.2) is 18.2 Å². The van der Waals surface area contributed by atoms with Crippen LogP contribution in [0.25, 0.3) is 21.3 Å². The van der Waals surface area contributed by atoms with Crippen molar-refractivity contribution in [3.8, 4) is 16.2 Å².